The van der Waals surface area contributed by atoms with Gasteiger partial charge < -0.3 is 4.43 Å². The van der Waals surface area contributed by atoms with Crippen molar-refractivity contribution in [3.05, 3.63) is 27.9 Å². The van der Waals surface area contributed by atoms with E-state index in [1.165, 1.54) is 0 Å². The Morgan fingerprint density at radius 1 is 1.16 bits per heavy atom. The van der Waals surface area contributed by atoms with E-state index in [0.717, 1.165) is 11.3 Å². The molecule has 0 spiro atoms. The summed E-state index contributed by atoms with van der Waals surface area (Å²) in [5.74, 6) is 0.839. The highest BCUT2D eigenvalue weighted by atomic mass is 35.5. The molecule has 0 aliphatic carbocycles. The first kappa shape index (κ1) is 16.8. The molecule has 19 heavy (non-hydrogen) atoms. The highest BCUT2D eigenvalue weighted by Gasteiger charge is 2.47. The van der Waals surface area contributed by atoms with E-state index in [9.17, 15) is 0 Å². The average Bonchev–Trinajstić information content (AvgIpc) is 2.82. The van der Waals surface area contributed by atoms with Crippen LogP contribution in [-0.4, -0.2) is 8.32 Å². The zero-order valence-corrected chi connectivity index (χ0v) is 15.3. The summed E-state index contributed by atoms with van der Waals surface area (Å²) in [4.78, 5) is 0. The first-order valence-electron chi connectivity index (χ1n) is 6.88. The summed E-state index contributed by atoms with van der Waals surface area (Å²) in [5.41, 5.74) is 4.35. The third-order valence-electron chi connectivity index (χ3n) is 3.90. The van der Waals surface area contributed by atoms with Crippen LogP contribution in [0.25, 0.3) is 5.76 Å². The monoisotopic (exact) mass is 316 g/mol. The van der Waals surface area contributed by atoms with Crippen LogP contribution in [0, 0.1) is 0 Å². The Morgan fingerprint density at radius 3 is 2.00 bits per heavy atom. The minimum atomic E-state index is -1.92. The van der Waals surface area contributed by atoms with Gasteiger partial charge in [0.2, 0.25) is 0 Å². The number of hydrogen-bond donors (Lipinski definition) is 0. The van der Waals surface area contributed by atoms with Gasteiger partial charge in [-0.3, -0.25) is 0 Å². The maximum atomic E-state index is 6.59. The van der Waals surface area contributed by atoms with Gasteiger partial charge in [-0.15, -0.1) is 0 Å². The van der Waals surface area contributed by atoms with Crippen LogP contribution in [0.3, 0.4) is 0 Å². The van der Waals surface area contributed by atoms with Crippen LogP contribution in [0.15, 0.2) is 22.4 Å². The van der Waals surface area contributed by atoms with Crippen LogP contribution >= 0.6 is 22.9 Å². The van der Waals surface area contributed by atoms with Gasteiger partial charge in [-0.2, -0.15) is 11.3 Å². The quantitative estimate of drug-likeness (QED) is 0.431. The minimum Gasteiger partial charge on any atom is -0.542 e. The molecule has 0 aromatic carbocycles. The molecule has 4 heteroatoms. The van der Waals surface area contributed by atoms with Crippen molar-refractivity contribution < 1.29 is 4.43 Å². The summed E-state index contributed by atoms with van der Waals surface area (Å²) < 4.78 is 6.59. The number of thiophene rings is 1. The van der Waals surface area contributed by atoms with Gasteiger partial charge in [-0.1, -0.05) is 53.1 Å². The fourth-order valence-corrected chi connectivity index (χ4v) is 9.25. The minimum absolute atomic E-state index is 0.553. The van der Waals surface area contributed by atoms with E-state index in [4.69, 9.17) is 16.0 Å². The Bertz CT molecular complexity index is 388. The molecule has 0 fully saturated rings. The van der Waals surface area contributed by atoms with Gasteiger partial charge in [-0.05, 0) is 28.1 Å². The fourth-order valence-electron chi connectivity index (χ4n) is 3.09. The molecule has 0 bridgehead atoms. The smallest absolute Gasteiger partial charge is 0.258 e. The van der Waals surface area contributed by atoms with E-state index in [1.54, 1.807) is 16.9 Å². The highest BCUT2D eigenvalue weighted by molar-refractivity contribution is 7.08. The molecular formula is C15H25ClOSSi. The Labute approximate surface area is 127 Å². The Kier molecular flexibility index (Phi) is 6.15. The molecule has 0 atom stereocenters. The first-order valence-corrected chi connectivity index (χ1v) is 10.4. The maximum Gasteiger partial charge on any atom is 0.258 e. The van der Waals surface area contributed by atoms with E-state index >= 15 is 0 Å². The summed E-state index contributed by atoms with van der Waals surface area (Å²) in [5, 5.41) is 4.15. The maximum absolute atomic E-state index is 6.59. The van der Waals surface area contributed by atoms with E-state index in [1.807, 2.05) is 0 Å². The fraction of sp³-hybridized carbons (Fsp3) is 0.600. The second-order valence-electron chi connectivity index (χ2n) is 5.91. The highest BCUT2D eigenvalue weighted by Crippen LogP contribution is 2.45. The van der Waals surface area contributed by atoms with Gasteiger partial charge in [0, 0.05) is 16.5 Å². The Morgan fingerprint density at radius 2 is 1.68 bits per heavy atom. The molecule has 0 aliphatic heterocycles. The van der Waals surface area contributed by atoms with Crippen LogP contribution in [0.5, 0.6) is 0 Å². The molecule has 0 amide bonds. The van der Waals surface area contributed by atoms with Crippen molar-refractivity contribution in [2.24, 2.45) is 0 Å². The van der Waals surface area contributed by atoms with Crippen LogP contribution in [-0.2, 0) is 4.43 Å². The SMILES string of the molecule is CC(C)[Si](OC(=CCl)c1ccsc1)(C(C)C)C(C)C. The second-order valence-corrected chi connectivity index (χ2v) is 12.3. The van der Waals surface area contributed by atoms with Crippen LogP contribution in [0.2, 0.25) is 16.6 Å². The van der Waals surface area contributed by atoms with Crippen molar-refractivity contribution >= 4 is 37.0 Å². The van der Waals surface area contributed by atoms with Crippen molar-refractivity contribution in [2.75, 3.05) is 0 Å². The van der Waals surface area contributed by atoms with E-state index < -0.39 is 8.32 Å². The van der Waals surface area contributed by atoms with Crippen molar-refractivity contribution in [3.8, 4) is 0 Å². The van der Waals surface area contributed by atoms with Gasteiger partial charge >= 0.3 is 0 Å². The zero-order valence-electron chi connectivity index (χ0n) is 12.7. The summed E-state index contributed by atoms with van der Waals surface area (Å²) in [6.07, 6.45) is 0. The molecule has 1 nitrogen and oxygen atoms in total. The normalized spacial score (nSPS) is 13.7. The van der Waals surface area contributed by atoms with Gasteiger partial charge in [-0.25, -0.2) is 0 Å². The third kappa shape index (κ3) is 3.44. The molecule has 0 aliphatic rings. The number of hydrogen-bond acceptors (Lipinski definition) is 2. The lowest BCUT2D eigenvalue weighted by atomic mass is 10.3. The summed E-state index contributed by atoms with van der Waals surface area (Å²) in [7, 11) is -1.92. The topological polar surface area (TPSA) is 9.23 Å². The van der Waals surface area contributed by atoms with Gasteiger partial charge in [0.1, 0.15) is 5.76 Å². The number of halogens is 1. The van der Waals surface area contributed by atoms with E-state index in [-0.39, 0.29) is 0 Å². The lowest BCUT2D eigenvalue weighted by Gasteiger charge is -2.42. The predicted octanol–water partition coefficient (Wildman–Crippen LogP) is 6.48. The molecule has 1 aromatic heterocycles. The molecule has 0 N–H and O–H groups in total. The average molecular weight is 317 g/mol. The van der Waals surface area contributed by atoms with Crippen molar-refractivity contribution in [1.82, 2.24) is 0 Å². The summed E-state index contributed by atoms with van der Waals surface area (Å²) >= 11 is 7.69. The Hall–Kier alpha value is -0.253. The second kappa shape index (κ2) is 6.96. The molecule has 0 radical (unpaired) electrons. The van der Waals surface area contributed by atoms with Crippen molar-refractivity contribution in [3.63, 3.8) is 0 Å². The molecular weight excluding hydrogens is 292 g/mol. The Balaban J connectivity index is 3.14. The molecule has 1 rings (SSSR count). The van der Waals surface area contributed by atoms with E-state index in [0.29, 0.717) is 16.6 Å². The summed E-state index contributed by atoms with van der Waals surface area (Å²) in [6.45, 7) is 13.7. The molecule has 1 aromatic rings. The standard InChI is InChI=1S/C15H25ClOSSi/c1-11(2)19(12(3)4,13(5)6)17-15(9-16)14-7-8-18-10-14/h7-13H,1-6H3. The van der Waals surface area contributed by atoms with Crippen LogP contribution in [0.1, 0.15) is 47.1 Å². The van der Waals surface area contributed by atoms with Crippen LogP contribution < -0.4 is 0 Å². The van der Waals surface area contributed by atoms with Crippen molar-refractivity contribution in [1.29, 1.82) is 0 Å². The predicted molar refractivity (Wildman–Crippen MR) is 90.3 cm³/mol. The summed E-state index contributed by atoms with van der Waals surface area (Å²) in [6, 6.07) is 2.07. The first-order chi connectivity index (χ1) is 8.86. The molecule has 0 unspecified atom stereocenters. The molecule has 108 valence electrons. The van der Waals surface area contributed by atoms with Gasteiger partial charge in [0.05, 0.1) is 0 Å². The molecule has 0 saturated carbocycles. The number of rotatable bonds is 6. The molecule has 1 heterocycles. The lowest BCUT2D eigenvalue weighted by molar-refractivity contribution is 0.445. The van der Waals surface area contributed by atoms with E-state index in [2.05, 4.69) is 58.4 Å². The lowest BCUT2D eigenvalue weighted by Crippen LogP contribution is -2.47. The zero-order chi connectivity index (χ0) is 14.6. The third-order valence-corrected chi connectivity index (χ3v) is 10.8. The van der Waals surface area contributed by atoms with Gasteiger partial charge in [0.25, 0.3) is 8.32 Å². The molecule has 0 saturated heterocycles. The van der Waals surface area contributed by atoms with Gasteiger partial charge in [0.15, 0.2) is 0 Å². The largest absolute Gasteiger partial charge is 0.542 e. The van der Waals surface area contributed by atoms with Crippen molar-refractivity contribution in [2.45, 2.75) is 58.2 Å². The van der Waals surface area contributed by atoms with Crippen LogP contribution in [0.4, 0.5) is 0 Å².